The zero-order valence-electron chi connectivity index (χ0n) is 18.5. The monoisotopic (exact) mass is 469 g/mol. The molecule has 0 spiro atoms. The minimum absolute atomic E-state index is 0.0353. The molecule has 2 aromatic carbocycles. The van der Waals surface area contributed by atoms with Gasteiger partial charge in [-0.05, 0) is 29.8 Å². The second kappa shape index (κ2) is 9.07. The number of H-pyrrole nitrogens is 1. The van der Waals surface area contributed by atoms with Gasteiger partial charge >= 0.3 is 5.69 Å². The fraction of sp³-hybridized carbons (Fsp3) is 0.261. The van der Waals surface area contributed by atoms with E-state index in [1.54, 1.807) is 26.0 Å². The Morgan fingerprint density at radius 2 is 1.76 bits per heavy atom. The second-order valence-corrected chi connectivity index (χ2v) is 8.56. The molecule has 0 bridgehead atoms. The molecule has 1 aliphatic rings. The minimum atomic E-state index is -0.702. The Morgan fingerprint density at radius 3 is 2.39 bits per heavy atom. The van der Waals surface area contributed by atoms with Gasteiger partial charge in [0, 0.05) is 23.6 Å². The SMILES string of the molecule is COc1cc([C@@H]2CC(c3c(O)n(C)c(=O)[nH]c3=O)=Nc3ccccc3S2)cc(OC)c1OC. The number of thioether (sulfide) groups is 1. The number of hydrogen-bond acceptors (Lipinski definition) is 8. The van der Waals surface area contributed by atoms with Gasteiger partial charge in [0.25, 0.3) is 5.56 Å². The first kappa shape index (κ1) is 22.5. The molecule has 10 heteroatoms. The Hall–Kier alpha value is -3.66. The molecule has 3 aromatic rings. The molecule has 1 aromatic heterocycles. The van der Waals surface area contributed by atoms with Gasteiger partial charge in [-0.15, -0.1) is 11.8 Å². The van der Waals surface area contributed by atoms with E-state index in [0.29, 0.717) is 35.1 Å². The average molecular weight is 470 g/mol. The van der Waals surface area contributed by atoms with Crippen LogP contribution in [0.5, 0.6) is 23.1 Å². The molecule has 0 unspecified atom stereocenters. The Balaban J connectivity index is 1.91. The van der Waals surface area contributed by atoms with Crippen LogP contribution in [-0.2, 0) is 7.05 Å². The van der Waals surface area contributed by atoms with Crippen molar-refractivity contribution >= 4 is 23.2 Å². The van der Waals surface area contributed by atoms with Crippen LogP contribution < -0.4 is 25.5 Å². The summed E-state index contributed by atoms with van der Waals surface area (Å²) in [6, 6.07) is 11.3. The fourth-order valence-corrected chi connectivity index (χ4v) is 4.92. The fourth-order valence-electron chi connectivity index (χ4n) is 3.71. The normalized spacial score (nSPS) is 15.3. The lowest BCUT2D eigenvalue weighted by molar-refractivity contribution is 0.324. The second-order valence-electron chi connectivity index (χ2n) is 7.31. The number of rotatable bonds is 5. The van der Waals surface area contributed by atoms with Crippen LogP contribution in [0.15, 0.2) is 55.9 Å². The number of hydrogen-bond donors (Lipinski definition) is 2. The standard InChI is InChI=1S/C23H23N3O6S/c1-26-22(28)19(21(27)25-23(26)29)14-11-18(33-17-8-6-5-7-13(17)24-14)12-9-15(30-2)20(32-4)16(10-12)31-3/h5-10,18,28H,11H2,1-4H3,(H,25,27,29)/t18-/m0/s1. The Morgan fingerprint density at radius 1 is 1.09 bits per heavy atom. The van der Waals surface area contributed by atoms with Gasteiger partial charge in [0.2, 0.25) is 11.6 Å². The molecule has 2 N–H and O–H groups in total. The van der Waals surface area contributed by atoms with E-state index in [2.05, 4.69) is 4.98 Å². The number of para-hydroxylation sites is 1. The molecule has 0 fully saturated rings. The minimum Gasteiger partial charge on any atom is -0.494 e. The molecule has 33 heavy (non-hydrogen) atoms. The number of aromatic nitrogens is 2. The number of aromatic amines is 1. The zero-order valence-corrected chi connectivity index (χ0v) is 19.4. The predicted molar refractivity (Wildman–Crippen MR) is 126 cm³/mol. The third-order valence-corrected chi connectivity index (χ3v) is 6.73. The van der Waals surface area contributed by atoms with Crippen LogP contribution in [0.1, 0.15) is 22.8 Å². The maximum atomic E-state index is 12.7. The summed E-state index contributed by atoms with van der Waals surface area (Å²) >= 11 is 1.57. The molecule has 4 rings (SSSR count). The van der Waals surface area contributed by atoms with E-state index in [9.17, 15) is 14.7 Å². The Kier molecular flexibility index (Phi) is 6.19. The largest absolute Gasteiger partial charge is 0.494 e. The van der Waals surface area contributed by atoms with Gasteiger partial charge in [-0.25, -0.2) is 4.79 Å². The Bertz CT molecular complexity index is 1340. The van der Waals surface area contributed by atoms with Gasteiger partial charge in [0.15, 0.2) is 11.5 Å². The van der Waals surface area contributed by atoms with Crippen molar-refractivity contribution in [2.75, 3.05) is 21.3 Å². The molecule has 1 aliphatic heterocycles. The highest BCUT2D eigenvalue weighted by molar-refractivity contribution is 7.99. The molecule has 0 amide bonds. The number of nitrogens with one attached hydrogen (secondary N) is 1. The van der Waals surface area contributed by atoms with Gasteiger partial charge in [-0.2, -0.15) is 0 Å². The highest BCUT2D eigenvalue weighted by atomic mass is 32.2. The van der Waals surface area contributed by atoms with Crippen LogP contribution in [0, 0.1) is 0 Å². The first-order chi connectivity index (χ1) is 15.9. The highest BCUT2D eigenvalue weighted by Gasteiger charge is 2.28. The van der Waals surface area contributed by atoms with Gasteiger partial charge in [-0.1, -0.05) is 12.1 Å². The number of nitrogens with zero attached hydrogens (tertiary/aromatic N) is 2. The molecular weight excluding hydrogens is 446 g/mol. The maximum Gasteiger partial charge on any atom is 0.330 e. The van der Waals surface area contributed by atoms with E-state index in [1.165, 1.54) is 14.2 Å². The highest BCUT2D eigenvalue weighted by Crippen LogP contribution is 2.49. The van der Waals surface area contributed by atoms with Crippen LogP contribution in [0.3, 0.4) is 0 Å². The van der Waals surface area contributed by atoms with Crippen molar-refractivity contribution in [3.05, 3.63) is 68.4 Å². The summed E-state index contributed by atoms with van der Waals surface area (Å²) < 4.78 is 17.4. The van der Waals surface area contributed by atoms with E-state index in [1.807, 2.05) is 36.4 Å². The predicted octanol–water partition coefficient (Wildman–Crippen LogP) is 3.16. The molecule has 0 aliphatic carbocycles. The number of fused-ring (bicyclic) bond motifs is 1. The van der Waals surface area contributed by atoms with E-state index in [4.69, 9.17) is 19.2 Å². The van der Waals surface area contributed by atoms with Crippen LogP contribution in [-0.4, -0.2) is 41.7 Å². The number of aromatic hydroxyl groups is 1. The van der Waals surface area contributed by atoms with Crippen LogP contribution in [0.2, 0.25) is 0 Å². The molecule has 1 atom stereocenters. The first-order valence-corrected chi connectivity index (χ1v) is 10.9. The third kappa shape index (κ3) is 4.09. The summed E-state index contributed by atoms with van der Waals surface area (Å²) in [6.07, 6.45) is 0.298. The van der Waals surface area contributed by atoms with Crippen LogP contribution in [0.4, 0.5) is 5.69 Å². The smallest absolute Gasteiger partial charge is 0.330 e. The van der Waals surface area contributed by atoms with Gasteiger partial charge in [0.05, 0.1) is 32.7 Å². The molecule has 9 nitrogen and oxygen atoms in total. The van der Waals surface area contributed by atoms with Crippen molar-refractivity contribution in [3.63, 3.8) is 0 Å². The molecule has 0 saturated heterocycles. The third-order valence-electron chi connectivity index (χ3n) is 5.41. The lowest BCUT2D eigenvalue weighted by Gasteiger charge is -2.20. The summed E-state index contributed by atoms with van der Waals surface area (Å²) in [4.78, 5) is 32.5. The van der Waals surface area contributed by atoms with E-state index < -0.39 is 17.1 Å². The maximum absolute atomic E-state index is 12.7. The van der Waals surface area contributed by atoms with Gasteiger partial charge in [0.1, 0.15) is 5.56 Å². The summed E-state index contributed by atoms with van der Waals surface area (Å²) in [5, 5.41) is 10.4. The van der Waals surface area contributed by atoms with Crippen molar-refractivity contribution in [3.8, 4) is 23.1 Å². The zero-order chi connectivity index (χ0) is 23.7. The first-order valence-electron chi connectivity index (χ1n) is 10.0. The van der Waals surface area contributed by atoms with Crippen molar-refractivity contribution in [2.24, 2.45) is 12.0 Å². The van der Waals surface area contributed by atoms with E-state index in [0.717, 1.165) is 15.0 Å². The topological polar surface area (TPSA) is 115 Å². The summed E-state index contributed by atoms with van der Waals surface area (Å²) in [6.45, 7) is 0. The van der Waals surface area contributed by atoms with Crippen molar-refractivity contribution < 1.29 is 19.3 Å². The van der Waals surface area contributed by atoms with Crippen LogP contribution >= 0.6 is 11.8 Å². The lowest BCUT2D eigenvalue weighted by Crippen LogP contribution is -2.32. The molecule has 0 saturated carbocycles. The Labute approximate surface area is 193 Å². The van der Waals surface area contributed by atoms with E-state index >= 15 is 0 Å². The molecule has 2 heterocycles. The quantitative estimate of drug-likeness (QED) is 0.590. The van der Waals surface area contributed by atoms with Crippen molar-refractivity contribution in [2.45, 2.75) is 16.6 Å². The lowest BCUT2D eigenvalue weighted by atomic mass is 10.0. The van der Waals surface area contributed by atoms with Crippen LogP contribution in [0.25, 0.3) is 0 Å². The van der Waals surface area contributed by atoms with E-state index in [-0.39, 0.29) is 10.8 Å². The van der Waals surface area contributed by atoms with Crippen molar-refractivity contribution in [1.82, 2.24) is 9.55 Å². The molecule has 0 radical (unpaired) electrons. The molecule has 172 valence electrons. The summed E-state index contributed by atoms with van der Waals surface area (Å²) in [5.41, 5.74) is 0.459. The number of benzene rings is 2. The summed E-state index contributed by atoms with van der Waals surface area (Å²) in [5.74, 6) is 1.05. The number of methoxy groups -OCH3 is 3. The summed E-state index contributed by atoms with van der Waals surface area (Å²) in [7, 11) is 6.01. The number of ether oxygens (including phenoxy) is 3. The van der Waals surface area contributed by atoms with Crippen molar-refractivity contribution in [1.29, 1.82) is 0 Å². The van der Waals surface area contributed by atoms with Gasteiger partial charge in [-0.3, -0.25) is 19.3 Å². The number of aliphatic imine (C=N–C) groups is 1. The molecular formula is C23H23N3O6S. The average Bonchev–Trinajstić information content (AvgIpc) is 3.01. The van der Waals surface area contributed by atoms with Gasteiger partial charge < -0.3 is 19.3 Å².